The number of anilines is 1. The second-order valence-corrected chi connectivity index (χ2v) is 6.55. The van der Waals surface area contributed by atoms with Crippen LogP contribution in [0.4, 0.5) is 5.69 Å². The Labute approximate surface area is 162 Å². The topological polar surface area (TPSA) is 80.8 Å². The van der Waals surface area contributed by atoms with Gasteiger partial charge in [-0.15, -0.1) is 0 Å². The van der Waals surface area contributed by atoms with E-state index in [4.69, 9.17) is 21.1 Å². The lowest BCUT2D eigenvalue weighted by Crippen LogP contribution is -2.32. The second kappa shape index (κ2) is 8.26. The number of methoxy groups -OCH3 is 2. The first-order chi connectivity index (χ1) is 13.0. The first-order valence-corrected chi connectivity index (χ1v) is 8.79. The molecule has 27 heavy (non-hydrogen) atoms. The van der Waals surface area contributed by atoms with Gasteiger partial charge in [0.25, 0.3) is 0 Å². The molecule has 142 valence electrons. The molecule has 7 nitrogen and oxygen atoms in total. The van der Waals surface area contributed by atoms with Crippen LogP contribution in [0.1, 0.15) is 12.0 Å². The fourth-order valence-electron chi connectivity index (χ4n) is 3.01. The van der Waals surface area contributed by atoms with Gasteiger partial charge >= 0.3 is 0 Å². The molecule has 0 bridgehead atoms. The minimum absolute atomic E-state index is 0.132. The smallest absolute Gasteiger partial charge is 0.227 e. The summed E-state index contributed by atoms with van der Waals surface area (Å²) in [4.78, 5) is 30.6. The fourth-order valence-corrected chi connectivity index (χ4v) is 3.24. The fraction of sp³-hybridized carbons (Fsp3) is 0.316. The van der Waals surface area contributed by atoms with E-state index in [1.165, 1.54) is 19.1 Å². The maximum atomic E-state index is 12.5. The van der Waals surface area contributed by atoms with Crippen LogP contribution in [0.5, 0.6) is 11.5 Å². The van der Waals surface area contributed by atoms with Gasteiger partial charge in [0.1, 0.15) is 11.5 Å². The van der Waals surface area contributed by atoms with Gasteiger partial charge in [0.15, 0.2) is 0 Å². The molecule has 1 fully saturated rings. The molecule has 1 unspecified atom stereocenters. The van der Waals surface area contributed by atoms with E-state index in [0.29, 0.717) is 28.8 Å². The number of amides is 2. The molecule has 0 radical (unpaired) electrons. The van der Waals surface area contributed by atoms with E-state index in [9.17, 15) is 9.59 Å². The lowest BCUT2D eigenvalue weighted by molar-refractivity contribution is -0.126. The number of rotatable bonds is 6. The van der Waals surface area contributed by atoms with Crippen LogP contribution in [0.15, 0.2) is 36.7 Å². The number of benzene rings is 1. The Morgan fingerprint density at radius 3 is 2.78 bits per heavy atom. The highest BCUT2D eigenvalue weighted by molar-refractivity contribution is 6.32. The average Bonchev–Trinajstić information content (AvgIpc) is 3.08. The minimum Gasteiger partial charge on any atom is -0.495 e. The van der Waals surface area contributed by atoms with E-state index in [2.05, 4.69) is 10.3 Å². The summed E-state index contributed by atoms with van der Waals surface area (Å²) in [6.45, 7) is 0.633. The largest absolute Gasteiger partial charge is 0.495 e. The normalized spacial score (nSPS) is 16.3. The van der Waals surface area contributed by atoms with Gasteiger partial charge in [0.2, 0.25) is 11.8 Å². The van der Waals surface area contributed by atoms with Crippen LogP contribution in [0.25, 0.3) is 0 Å². The standard InChI is InChI=1S/C19H20ClN3O4/c1-26-16-8-15(17(27-2)7-14(16)20)23-11-13(6-18(23)24)19(25)22-10-12-4-3-5-21-9-12/h3-5,7-9,13H,6,10-11H2,1-2H3,(H,22,25). The average molecular weight is 390 g/mol. The summed E-state index contributed by atoms with van der Waals surface area (Å²) in [6.07, 6.45) is 3.50. The van der Waals surface area contributed by atoms with Crippen LogP contribution in [0, 0.1) is 5.92 Å². The molecular weight excluding hydrogens is 370 g/mol. The number of hydrogen-bond donors (Lipinski definition) is 1. The van der Waals surface area contributed by atoms with Crippen LogP contribution in [0.3, 0.4) is 0 Å². The van der Waals surface area contributed by atoms with Crippen LogP contribution >= 0.6 is 11.6 Å². The van der Waals surface area contributed by atoms with Gasteiger partial charge in [0, 0.05) is 44.0 Å². The molecule has 8 heteroatoms. The van der Waals surface area contributed by atoms with Gasteiger partial charge < -0.3 is 19.7 Å². The number of ether oxygens (including phenoxy) is 2. The summed E-state index contributed by atoms with van der Waals surface area (Å²) < 4.78 is 10.6. The first kappa shape index (κ1) is 19.0. The summed E-state index contributed by atoms with van der Waals surface area (Å²) >= 11 is 6.12. The molecule has 3 rings (SSSR count). The Morgan fingerprint density at radius 1 is 1.33 bits per heavy atom. The number of carbonyl (C=O) groups is 2. The highest BCUT2D eigenvalue weighted by atomic mass is 35.5. The quantitative estimate of drug-likeness (QED) is 0.820. The summed E-state index contributed by atoms with van der Waals surface area (Å²) in [5, 5.41) is 3.24. The zero-order valence-corrected chi connectivity index (χ0v) is 15.8. The van der Waals surface area contributed by atoms with Crippen molar-refractivity contribution in [2.24, 2.45) is 5.92 Å². The number of aromatic nitrogens is 1. The first-order valence-electron chi connectivity index (χ1n) is 8.42. The number of halogens is 1. The molecule has 1 atom stereocenters. The van der Waals surface area contributed by atoms with Crippen molar-refractivity contribution in [1.29, 1.82) is 0 Å². The molecule has 2 amide bonds. The van der Waals surface area contributed by atoms with Gasteiger partial charge in [-0.1, -0.05) is 17.7 Å². The highest BCUT2D eigenvalue weighted by Crippen LogP contribution is 2.40. The Balaban J connectivity index is 1.73. The highest BCUT2D eigenvalue weighted by Gasteiger charge is 2.36. The van der Waals surface area contributed by atoms with Crippen molar-refractivity contribution in [3.8, 4) is 11.5 Å². The van der Waals surface area contributed by atoms with E-state index >= 15 is 0 Å². The van der Waals surface area contributed by atoms with Crippen molar-refractivity contribution in [3.05, 3.63) is 47.2 Å². The molecule has 1 aliphatic rings. The van der Waals surface area contributed by atoms with E-state index in [1.807, 2.05) is 12.1 Å². The summed E-state index contributed by atoms with van der Waals surface area (Å²) in [5.41, 5.74) is 1.43. The van der Waals surface area contributed by atoms with Crippen molar-refractivity contribution in [1.82, 2.24) is 10.3 Å². The van der Waals surface area contributed by atoms with Gasteiger partial charge in [0.05, 0.1) is 30.8 Å². The van der Waals surface area contributed by atoms with Gasteiger partial charge in [-0.3, -0.25) is 14.6 Å². The Bertz CT molecular complexity index is 844. The number of pyridine rings is 1. The Hall–Kier alpha value is -2.80. The van der Waals surface area contributed by atoms with Crippen molar-refractivity contribution >= 4 is 29.1 Å². The maximum absolute atomic E-state index is 12.5. The molecule has 1 saturated heterocycles. The SMILES string of the molecule is COc1cc(N2CC(C(=O)NCc3cccnc3)CC2=O)c(OC)cc1Cl. The second-order valence-electron chi connectivity index (χ2n) is 6.14. The Kier molecular flexibility index (Phi) is 5.81. The summed E-state index contributed by atoms with van der Waals surface area (Å²) in [7, 11) is 3.00. The molecule has 0 saturated carbocycles. The van der Waals surface area contributed by atoms with Crippen molar-refractivity contribution < 1.29 is 19.1 Å². The number of nitrogens with zero attached hydrogens (tertiary/aromatic N) is 2. The minimum atomic E-state index is -0.444. The number of nitrogens with one attached hydrogen (secondary N) is 1. The Morgan fingerprint density at radius 2 is 2.11 bits per heavy atom. The van der Waals surface area contributed by atoms with E-state index in [1.54, 1.807) is 24.5 Å². The van der Waals surface area contributed by atoms with Crippen LogP contribution in [-0.4, -0.2) is 37.6 Å². The zero-order valence-electron chi connectivity index (χ0n) is 15.1. The molecule has 0 aliphatic carbocycles. The molecule has 1 aromatic carbocycles. The summed E-state index contributed by atoms with van der Waals surface area (Å²) in [5.74, 6) is 0.115. The molecule has 1 aromatic heterocycles. The van der Waals surface area contributed by atoms with Gasteiger partial charge in [-0.25, -0.2) is 0 Å². The third-order valence-electron chi connectivity index (χ3n) is 4.43. The summed E-state index contributed by atoms with van der Waals surface area (Å²) in [6, 6.07) is 6.93. The molecule has 2 aromatic rings. The van der Waals surface area contributed by atoms with Crippen LogP contribution in [-0.2, 0) is 16.1 Å². The lowest BCUT2D eigenvalue weighted by Gasteiger charge is -2.21. The van der Waals surface area contributed by atoms with Gasteiger partial charge in [-0.05, 0) is 11.6 Å². The van der Waals surface area contributed by atoms with Crippen LogP contribution in [0.2, 0.25) is 5.02 Å². The van der Waals surface area contributed by atoms with E-state index < -0.39 is 5.92 Å². The van der Waals surface area contributed by atoms with Crippen LogP contribution < -0.4 is 19.7 Å². The molecule has 2 heterocycles. The molecule has 1 N–H and O–H groups in total. The molecular formula is C19H20ClN3O4. The maximum Gasteiger partial charge on any atom is 0.227 e. The zero-order chi connectivity index (χ0) is 19.4. The predicted molar refractivity (Wildman–Crippen MR) is 101 cm³/mol. The van der Waals surface area contributed by atoms with Crippen molar-refractivity contribution in [2.45, 2.75) is 13.0 Å². The molecule has 1 aliphatic heterocycles. The number of hydrogen-bond acceptors (Lipinski definition) is 5. The van der Waals surface area contributed by atoms with Gasteiger partial charge in [-0.2, -0.15) is 0 Å². The van der Waals surface area contributed by atoms with E-state index in [0.717, 1.165) is 5.56 Å². The van der Waals surface area contributed by atoms with Crippen molar-refractivity contribution in [3.63, 3.8) is 0 Å². The van der Waals surface area contributed by atoms with E-state index in [-0.39, 0.29) is 24.8 Å². The number of carbonyl (C=O) groups excluding carboxylic acids is 2. The lowest BCUT2D eigenvalue weighted by atomic mass is 10.1. The predicted octanol–water partition coefficient (Wildman–Crippen LogP) is 2.42. The van der Waals surface area contributed by atoms with Crippen molar-refractivity contribution in [2.75, 3.05) is 25.7 Å². The third kappa shape index (κ3) is 4.14. The monoisotopic (exact) mass is 389 g/mol. The third-order valence-corrected chi connectivity index (χ3v) is 4.72. The molecule has 0 spiro atoms.